The van der Waals surface area contributed by atoms with E-state index >= 15 is 0 Å². The molecule has 0 bridgehead atoms. The lowest BCUT2D eigenvalue weighted by Crippen LogP contribution is -2.48. The van der Waals surface area contributed by atoms with E-state index in [0.29, 0.717) is 5.56 Å². The van der Waals surface area contributed by atoms with Crippen LogP contribution >= 0.6 is 0 Å². The van der Waals surface area contributed by atoms with Gasteiger partial charge in [0.25, 0.3) is 0 Å². The van der Waals surface area contributed by atoms with E-state index in [1.165, 1.54) is 13.0 Å². The molecule has 10 nitrogen and oxygen atoms in total. The summed E-state index contributed by atoms with van der Waals surface area (Å²) in [6.45, 7) is 3.16. The minimum absolute atomic E-state index is 0.138. The summed E-state index contributed by atoms with van der Waals surface area (Å²) in [5, 5.41) is 41.6. The van der Waals surface area contributed by atoms with Crippen LogP contribution in [0.3, 0.4) is 0 Å². The van der Waals surface area contributed by atoms with E-state index in [-0.39, 0.29) is 34.4 Å². The molecule has 0 spiro atoms. The fourth-order valence-electron chi connectivity index (χ4n) is 4.95. The summed E-state index contributed by atoms with van der Waals surface area (Å²) < 4.78 is 28.8. The monoisotopic (exact) mass is 466 g/mol. The van der Waals surface area contributed by atoms with Gasteiger partial charge in [0.2, 0.25) is 5.78 Å². The predicted octanol–water partition coefficient (Wildman–Crippen LogP) is 0.677. The topological polar surface area (TPSA) is 160 Å². The number of carbonyl (C=O) groups excluding carboxylic acids is 2. The van der Waals surface area contributed by atoms with E-state index in [9.17, 15) is 34.2 Å². The first-order chi connectivity index (χ1) is 15.1. The Morgan fingerprint density at radius 1 is 1.09 bits per heavy atom. The van der Waals surface area contributed by atoms with Crippen molar-refractivity contribution in [3.05, 3.63) is 39.7 Å². The zero-order chi connectivity index (χ0) is 23.1. The average Bonchev–Trinajstić information content (AvgIpc) is 3.10. The molecule has 3 heterocycles. The second-order valence-corrected chi connectivity index (χ2v) is 9.63. The first kappa shape index (κ1) is 21.7. The molecule has 4 aliphatic rings. The Morgan fingerprint density at radius 2 is 1.81 bits per heavy atom. The number of aliphatic hydroxyl groups is 3. The minimum Gasteiger partial charge on any atom is -0.507 e. The molecule has 32 heavy (non-hydrogen) atoms. The number of hydrogen-bond acceptors (Lipinski definition) is 10. The molecule has 8 atom stereocenters. The summed E-state index contributed by atoms with van der Waals surface area (Å²) in [5.41, 5.74) is -0.210. The van der Waals surface area contributed by atoms with Crippen molar-refractivity contribution in [2.24, 2.45) is 0 Å². The smallest absolute Gasteiger partial charge is 0.232 e. The largest absolute Gasteiger partial charge is 0.507 e. The number of carbonyl (C=O) groups is 2. The summed E-state index contributed by atoms with van der Waals surface area (Å²) in [6.07, 6.45) is -6.54. The molecule has 1 aliphatic carbocycles. The number of aliphatic hydroxyl groups excluding tert-OH is 3. The van der Waals surface area contributed by atoms with Gasteiger partial charge in [-0.15, -0.1) is 0 Å². The Balaban J connectivity index is 1.63. The minimum atomic E-state index is -1.60. The van der Waals surface area contributed by atoms with E-state index in [4.69, 9.17) is 13.7 Å². The highest BCUT2D eigenvalue weighted by Gasteiger charge is 2.48. The first-order valence-electron chi connectivity index (χ1n) is 10.2. The van der Waals surface area contributed by atoms with E-state index < -0.39 is 76.9 Å². The van der Waals surface area contributed by atoms with Crippen LogP contribution in [0.2, 0.25) is 0 Å². The van der Waals surface area contributed by atoms with Gasteiger partial charge < -0.3 is 29.9 Å². The van der Waals surface area contributed by atoms with Gasteiger partial charge in [-0.3, -0.25) is 13.8 Å². The maximum Gasteiger partial charge on any atom is 0.232 e. The number of benzene rings is 1. The summed E-state index contributed by atoms with van der Waals surface area (Å²) >= 11 is -1.60. The maximum atomic E-state index is 13.4. The van der Waals surface area contributed by atoms with E-state index in [1.54, 1.807) is 6.92 Å². The van der Waals surface area contributed by atoms with Crippen LogP contribution in [-0.4, -0.2) is 72.5 Å². The van der Waals surface area contributed by atoms with Crippen LogP contribution in [-0.2, 0) is 24.7 Å². The molecular weight excluding hydrogens is 444 g/mol. The summed E-state index contributed by atoms with van der Waals surface area (Å²) in [5.74, 6) is -2.94. The van der Waals surface area contributed by atoms with Crippen molar-refractivity contribution in [1.82, 2.24) is 0 Å². The number of phenolic OH excluding ortho intramolecular Hbond substituents is 1. The van der Waals surface area contributed by atoms with Crippen molar-refractivity contribution in [2.75, 3.05) is 5.75 Å². The molecule has 2 saturated heterocycles. The van der Waals surface area contributed by atoms with Crippen LogP contribution in [0.4, 0.5) is 0 Å². The van der Waals surface area contributed by atoms with Crippen LogP contribution < -0.4 is 0 Å². The van der Waals surface area contributed by atoms with Gasteiger partial charge in [0, 0.05) is 17.5 Å². The molecular formula is C21H22O10S. The number of phenols is 1. The summed E-state index contributed by atoms with van der Waals surface area (Å²) in [7, 11) is 0. The molecule has 8 unspecified atom stereocenters. The molecule has 0 saturated carbocycles. The standard InChI is InChI=1S/C21H22O10S/c1-6-13-9(21-12(29-6)5-32(28)31-21)3-8-14(18(13)25)19(26)20(27)15(17(8)24)11-4-10(22)16(23)7(2)30-11/h3,6-7,10-12,16,21-23,25,27H,4-5H2,1-2H3. The van der Waals surface area contributed by atoms with Gasteiger partial charge in [-0.2, -0.15) is 0 Å². The normalized spacial score (nSPS) is 39.0. The van der Waals surface area contributed by atoms with Crippen LogP contribution in [0.1, 0.15) is 64.3 Å². The maximum absolute atomic E-state index is 13.4. The first-order valence-corrected chi connectivity index (χ1v) is 11.5. The van der Waals surface area contributed by atoms with Crippen LogP contribution in [0.25, 0.3) is 0 Å². The fourth-order valence-corrected chi connectivity index (χ4v) is 6.01. The van der Waals surface area contributed by atoms with E-state index in [2.05, 4.69) is 0 Å². The number of rotatable bonds is 1. The molecule has 5 rings (SSSR count). The molecule has 3 aliphatic heterocycles. The van der Waals surface area contributed by atoms with Gasteiger partial charge in [-0.1, -0.05) is 0 Å². The Morgan fingerprint density at radius 3 is 2.50 bits per heavy atom. The van der Waals surface area contributed by atoms with Crippen molar-refractivity contribution in [1.29, 1.82) is 0 Å². The van der Waals surface area contributed by atoms with Crippen molar-refractivity contribution in [3.8, 4) is 5.75 Å². The number of ether oxygens (including phenoxy) is 2. The number of fused-ring (bicyclic) bond motifs is 4. The van der Waals surface area contributed by atoms with Gasteiger partial charge in [0.1, 0.15) is 24.1 Å². The lowest BCUT2D eigenvalue weighted by molar-refractivity contribution is -0.151. The van der Waals surface area contributed by atoms with Crippen LogP contribution in [0.5, 0.6) is 5.75 Å². The third-order valence-electron chi connectivity index (χ3n) is 6.53. The van der Waals surface area contributed by atoms with Crippen LogP contribution in [0, 0.1) is 0 Å². The third kappa shape index (κ3) is 3.00. The predicted molar refractivity (Wildman–Crippen MR) is 108 cm³/mol. The average molecular weight is 466 g/mol. The van der Waals surface area contributed by atoms with E-state index in [0.717, 1.165) is 0 Å². The van der Waals surface area contributed by atoms with Gasteiger partial charge in [0.05, 0.1) is 41.3 Å². The van der Waals surface area contributed by atoms with Gasteiger partial charge >= 0.3 is 0 Å². The SMILES string of the molecule is CC1OC2CS(=O)OC2c2cc3c(c(O)c21)C(=O)C(O)=C(C1CC(O)C(O)C(C)O1)C3=O. The quantitative estimate of drug-likeness (QED) is 0.463. The second kappa shape index (κ2) is 7.44. The Kier molecular flexibility index (Phi) is 5.04. The van der Waals surface area contributed by atoms with Crippen molar-refractivity contribution in [3.63, 3.8) is 0 Å². The number of aromatic hydroxyl groups is 1. The lowest BCUT2D eigenvalue weighted by atomic mass is 9.78. The molecule has 11 heteroatoms. The van der Waals surface area contributed by atoms with E-state index in [1.807, 2.05) is 0 Å². The fraction of sp³-hybridized carbons (Fsp3) is 0.524. The molecule has 1 aromatic carbocycles. The summed E-state index contributed by atoms with van der Waals surface area (Å²) in [6, 6.07) is 1.41. The highest BCUT2D eigenvalue weighted by molar-refractivity contribution is 7.80. The lowest BCUT2D eigenvalue weighted by Gasteiger charge is -2.37. The molecule has 1 aromatic rings. The molecule has 0 amide bonds. The molecule has 0 radical (unpaired) electrons. The molecule has 172 valence electrons. The van der Waals surface area contributed by atoms with Crippen LogP contribution in [0.15, 0.2) is 17.4 Å². The highest BCUT2D eigenvalue weighted by Crippen LogP contribution is 2.49. The van der Waals surface area contributed by atoms with Crippen molar-refractivity contribution < 1.29 is 47.9 Å². The third-order valence-corrected chi connectivity index (χ3v) is 7.55. The van der Waals surface area contributed by atoms with Gasteiger partial charge in [-0.05, 0) is 25.5 Å². The molecule has 4 N–H and O–H groups in total. The molecule has 0 aromatic heterocycles. The van der Waals surface area contributed by atoms with Crippen molar-refractivity contribution in [2.45, 2.75) is 63.0 Å². The second-order valence-electron chi connectivity index (χ2n) is 8.50. The van der Waals surface area contributed by atoms with Gasteiger partial charge in [0.15, 0.2) is 22.6 Å². The Bertz CT molecular complexity index is 1080. The number of Topliss-reactive ketones (excluding diaryl/α,β-unsaturated/α-hetero) is 2. The Labute approximate surface area is 185 Å². The molecule has 2 fully saturated rings. The summed E-state index contributed by atoms with van der Waals surface area (Å²) in [4.78, 5) is 26.4. The number of ketones is 2. The highest BCUT2D eigenvalue weighted by atomic mass is 32.2. The Hall–Kier alpha value is -2.15. The number of hydrogen-bond donors (Lipinski definition) is 4. The number of allylic oxidation sites excluding steroid dienone is 1. The van der Waals surface area contributed by atoms with Gasteiger partial charge in [-0.25, -0.2) is 4.21 Å². The zero-order valence-electron chi connectivity index (χ0n) is 17.2. The van der Waals surface area contributed by atoms with Crippen molar-refractivity contribution >= 4 is 22.6 Å². The zero-order valence-corrected chi connectivity index (χ0v) is 18.0.